The van der Waals surface area contributed by atoms with Crippen molar-refractivity contribution in [1.29, 1.82) is 0 Å². The smallest absolute Gasteiger partial charge is 0.237 e. The number of nitrogens with zero attached hydrogens (tertiary/aromatic N) is 1. The van der Waals surface area contributed by atoms with Crippen molar-refractivity contribution < 1.29 is 28.3 Å². The summed E-state index contributed by atoms with van der Waals surface area (Å²) in [5.41, 5.74) is -0.754. The van der Waals surface area contributed by atoms with E-state index in [-0.39, 0.29) is 17.7 Å². The summed E-state index contributed by atoms with van der Waals surface area (Å²) in [6, 6.07) is 18.3. The van der Waals surface area contributed by atoms with E-state index in [4.69, 9.17) is 16.3 Å². The number of hydrogen-bond donors (Lipinski definition) is 0. The first-order valence-corrected chi connectivity index (χ1v) is 11.4. The molecule has 3 aromatic rings. The molecule has 8 heteroatoms. The molecule has 174 valence electrons. The largest absolute Gasteiger partial charge is 0.349 e. The van der Waals surface area contributed by atoms with Crippen LogP contribution in [0.25, 0.3) is 0 Å². The Kier molecular flexibility index (Phi) is 4.78. The van der Waals surface area contributed by atoms with Gasteiger partial charge in [0.25, 0.3) is 0 Å². The van der Waals surface area contributed by atoms with E-state index < -0.39 is 52.7 Å². The van der Waals surface area contributed by atoms with Crippen LogP contribution in [0.3, 0.4) is 0 Å². The number of fused-ring (bicyclic) bond motifs is 3. The van der Waals surface area contributed by atoms with Crippen molar-refractivity contribution in [2.24, 2.45) is 11.8 Å². The van der Waals surface area contributed by atoms with Crippen LogP contribution in [0, 0.1) is 17.7 Å². The molecule has 0 radical (unpaired) electrons. The number of hydrogen-bond acceptors (Lipinski definition) is 5. The van der Waals surface area contributed by atoms with Gasteiger partial charge in [-0.25, -0.2) is 4.39 Å². The van der Waals surface area contributed by atoms with Crippen LogP contribution < -0.4 is 0 Å². The van der Waals surface area contributed by atoms with Crippen molar-refractivity contribution in [3.63, 3.8) is 0 Å². The van der Waals surface area contributed by atoms with Gasteiger partial charge in [-0.15, -0.1) is 0 Å². The molecule has 1 spiro atoms. The molecule has 35 heavy (non-hydrogen) atoms. The SMILES string of the molecule is O=C1[C@H]2[C@H](c3ccc(F)cc3)OC3(C(=O)c4ccccc4C3=O)[C@H]2C(=O)N1Cc1ccc(Cl)cc1. The standard InChI is InChI=1S/C27H17ClFNO5/c28-16-9-5-14(6-10-16)13-30-25(33)20-21(26(30)34)27(35-22(20)15-7-11-17(29)12-8-15)23(31)18-3-1-2-4-19(18)24(27)32/h1-12,20-22H,13H2/t20-,21-,22+/m1/s1. The summed E-state index contributed by atoms with van der Waals surface area (Å²) in [6.45, 7) is -0.0383. The topological polar surface area (TPSA) is 80.8 Å². The van der Waals surface area contributed by atoms with Gasteiger partial charge in [0, 0.05) is 16.1 Å². The lowest BCUT2D eigenvalue weighted by molar-refractivity contribution is -0.145. The molecule has 0 saturated carbocycles. The van der Waals surface area contributed by atoms with Gasteiger partial charge in [0.2, 0.25) is 29.0 Å². The zero-order chi connectivity index (χ0) is 24.5. The second-order valence-electron chi connectivity index (χ2n) is 8.92. The summed E-state index contributed by atoms with van der Waals surface area (Å²) in [4.78, 5) is 55.8. The maximum absolute atomic E-state index is 13.7. The average Bonchev–Trinajstić information content (AvgIpc) is 3.42. The number of amides is 2. The lowest BCUT2D eigenvalue weighted by Crippen LogP contribution is -2.50. The van der Waals surface area contributed by atoms with Crippen molar-refractivity contribution in [3.8, 4) is 0 Å². The van der Waals surface area contributed by atoms with Crippen LogP contribution in [0.15, 0.2) is 72.8 Å². The number of carbonyl (C=O) groups is 4. The van der Waals surface area contributed by atoms with Gasteiger partial charge < -0.3 is 4.74 Å². The van der Waals surface area contributed by atoms with E-state index in [0.29, 0.717) is 16.1 Å². The molecule has 3 aliphatic rings. The van der Waals surface area contributed by atoms with Gasteiger partial charge in [-0.1, -0.05) is 60.1 Å². The van der Waals surface area contributed by atoms with Crippen LogP contribution in [0.4, 0.5) is 4.39 Å². The molecule has 3 aromatic carbocycles. The quantitative estimate of drug-likeness (QED) is 0.407. The Labute approximate surface area is 204 Å². The van der Waals surface area contributed by atoms with E-state index in [1.165, 1.54) is 36.4 Å². The Morgan fingerprint density at radius 3 is 2.03 bits per heavy atom. The van der Waals surface area contributed by atoms with Gasteiger partial charge in [-0.2, -0.15) is 0 Å². The summed E-state index contributed by atoms with van der Waals surface area (Å²) in [5.74, 6) is -5.38. The summed E-state index contributed by atoms with van der Waals surface area (Å²) >= 11 is 5.95. The third kappa shape index (κ3) is 2.98. The highest BCUT2D eigenvalue weighted by atomic mass is 35.5. The van der Waals surface area contributed by atoms with Crippen LogP contribution in [0.2, 0.25) is 5.02 Å². The van der Waals surface area contributed by atoms with Gasteiger partial charge >= 0.3 is 0 Å². The molecule has 1 aliphatic carbocycles. The fourth-order valence-corrected chi connectivity index (χ4v) is 5.58. The second kappa shape index (κ2) is 7.66. The molecule has 0 bridgehead atoms. The zero-order valence-electron chi connectivity index (χ0n) is 18.1. The van der Waals surface area contributed by atoms with Crippen LogP contribution in [-0.4, -0.2) is 33.9 Å². The van der Waals surface area contributed by atoms with E-state index >= 15 is 0 Å². The lowest BCUT2D eigenvalue weighted by atomic mass is 9.77. The van der Waals surface area contributed by atoms with Gasteiger partial charge in [-0.05, 0) is 35.4 Å². The first kappa shape index (κ1) is 21.8. The van der Waals surface area contributed by atoms with E-state index in [0.717, 1.165) is 4.90 Å². The Hall–Kier alpha value is -3.68. The van der Waals surface area contributed by atoms with Crippen LogP contribution in [-0.2, 0) is 20.9 Å². The van der Waals surface area contributed by atoms with E-state index in [1.807, 2.05) is 0 Å². The molecule has 2 heterocycles. The van der Waals surface area contributed by atoms with Gasteiger partial charge in [-0.3, -0.25) is 24.1 Å². The fraction of sp³-hybridized carbons (Fsp3) is 0.185. The van der Waals surface area contributed by atoms with Gasteiger partial charge in [0.1, 0.15) is 5.82 Å². The molecule has 3 atom stereocenters. The highest BCUT2D eigenvalue weighted by Crippen LogP contribution is 2.57. The predicted octanol–water partition coefficient (Wildman–Crippen LogP) is 4.17. The monoisotopic (exact) mass is 489 g/mol. The molecule has 2 amide bonds. The number of Topliss-reactive ketones (excluding diaryl/α,β-unsaturated/α-hetero) is 2. The summed E-state index contributed by atoms with van der Waals surface area (Å²) in [5, 5.41) is 0.508. The number of halogens is 2. The normalized spacial score (nSPS) is 24.4. The molecule has 6 nitrogen and oxygen atoms in total. The number of ketones is 2. The number of likely N-dealkylation sites (tertiary alicyclic amines) is 1. The molecule has 0 unspecified atom stereocenters. The second-order valence-corrected chi connectivity index (χ2v) is 9.36. The number of ether oxygens (including phenoxy) is 1. The first-order chi connectivity index (χ1) is 16.8. The van der Waals surface area contributed by atoms with Crippen LogP contribution in [0.5, 0.6) is 0 Å². The number of benzene rings is 3. The average molecular weight is 490 g/mol. The molecular formula is C27H17ClFNO5. The maximum atomic E-state index is 13.7. The van der Waals surface area contributed by atoms with Gasteiger partial charge in [0.05, 0.1) is 24.5 Å². The van der Waals surface area contributed by atoms with Crippen LogP contribution >= 0.6 is 11.6 Å². The number of carbonyl (C=O) groups excluding carboxylic acids is 4. The molecule has 6 rings (SSSR count). The number of imide groups is 1. The minimum Gasteiger partial charge on any atom is -0.349 e. The Balaban J connectivity index is 1.48. The third-order valence-electron chi connectivity index (χ3n) is 7.06. The molecule has 2 fully saturated rings. The predicted molar refractivity (Wildman–Crippen MR) is 122 cm³/mol. The van der Waals surface area contributed by atoms with Crippen LogP contribution in [0.1, 0.15) is 37.9 Å². The van der Waals surface area contributed by atoms with E-state index in [9.17, 15) is 23.6 Å². The third-order valence-corrected chi connectivity index (χ3v) is 7.31. The summed E-state index contributed by atoms with van der Waals surface area (Å²) < 4.78 is 19.8. The summed E-state index contributed by atoms with van der Waals surface area (Å²) in [7, 11) is 0. The Bertz CT molecular complexity index is 1380. The van der Waals surface area contributed by atoms with Gasteiger partial charge in [0.15, 0.2) is 0 Å². The molecule has 2 aliphatic heterocycles. The Morgan fingerprint density at radius 1 is 0.829 bits per heavy atom. The summed E-state index contributed by atoms with van der Waals surface area (Å²) in [6.07, 6.45) is -1.07. The highest BCUT2D eigenvalue weighted by molar-refractivity contribution is 6.35. The highest BCUT2D eigenvalue weighted by Gasteiger charge is 2.74. The van der Waals surface area contributed by atoms with E-state index in [2.05, 4.69) is 0 Å². The van der Waals surface area contributed by atoms with Crippen molar-refractivity contribution in [2.75, 3.05) is 0 Å². The van der Waals surface area contributed by atoms with Crippen molar-refractivity contribution in [2.45, 2.75) is 18.2 Å². The first-order valence-electron chi connectivity index (χ1n) is 11.0. The maximum Gasteiger partial charge on any atom is 0.237 e. The fourth-order valence-electron chi connectivity index (χ4n) is 5.46. The van der Waals surface area contributed by atoms with Crippen molar-refractivity contribution in [1.82, 2.24) is 4.90 Å². The molecular weight excluding hydrogens is 473 g/mol. The lowest BCUT2D eigenvalue weighted by Gasteiger charge is -2.27. The minimum atomic E-state index is -2.14. The van der Waals surface area contributed by atoms with Crippen molar-refractivity contribution >= 4 is 35.0 Å². The molecule has 0 aromatic heterocycles. The molecule has 0 N–H and O–H groups in total. The Morgan fingerprint density at radius 2 is 1.43 bits per heavy atom. The number of rotatable bonds is 3. The minimum absolute atomic E-state index is 0.0383. The molecule has 2 saturated heterocycles. The van der Waals surface area contributed by atoms with E-state index in [1.54, 1.807) is 36.4 Å². The van der Waals surface area contributed by atoms with Crippen molar-refractivity contribution in [3.05, 3.63) is 106 Å². The zero-order valence-corrected chi connectivity index (χ0v) is 18.9.